The second-order valence-corrected chi connectivity index (χ2v) is 9.90. The monoisotopic (exact) mass is 442 g/mol. The zero-order chi connectivity index (χ0) is 19.3. The molecule has 0 atom stereocenters. The average Bonchev–Trinajstić information content (AvgIpc) is 3.47. The summed E-state index contributed by atoms with van der Waals surface area (Å²) in [4.78, 5) is 23.1. The Morgan fingerprint density at radius 1 is 1.18 bits per heavy atom. The summed E-state index contributed by atoms with van der Waals surface area (Å²) in [6.07, 6.45) is 6.42. The van der Waals surface area contributed by atoms with Crippen molar-refractivity contribution in [1.82, 2.24) is 4.98 Å². The number of fused-ring (bicyclic) bond motifs is 1. The highest BCUT2D eigenvalue weighted by molar-refractivity contribution is 7.98. The molecular weight excluding hydrogens is 425 g/mol. The van der Waals surface area contributed by atoms with Crippen molar-refractivity contribution >= 4 is 73.1 Å². The van der Waals surface area contributed by atoms with Gasteiger partial charge in [-0.2, -0.15) is 0 Å². The first-order chi connectivity index (χ1) is 13.7. The van der Waals surface area contributed by atoms with Crippen LogP contribution in [0.3, 0.4) is 0 Å². The molecule has 0 aliphatic heterocycles. The summed E-state index contributed by atoms with van der Waals surface area (Å²) in [5, 5.41) is 4.83. The van der Waals surface area contributed by atoms with E-state index in [1.54, 1.807) is 56.7 Å². The molecule has 4 rings (SSSR count). The van der Waals surface area contributed by atoms with Crippen molar-refractivity contribution < 1.29 is 4.79 Å². The lowest BCUT2D eigenvalue weighted by Gasteiger charge is -2.17. The SMILES string of the molecule is CSc1ccc2nc(N(CCc3cccs3)C(=O)C=Cc3cccs3)sc2c1. The van der Waals surface area contributed by atoms with E-state index in [4.69, 9.17) is 4.98 Å². The third kappa shape index (κ3) is 4.55. The van der Waals surface area contributed by atoms with E-state index in [-0.39, 0.29) is 5.91 Å². The Morgan fingerprint density at radius 2 is 2.04 bits per heavy atom. The van der Waals surface area contributed by atoms with Gasteiger partial charge in [0.25, 0.3) is 5.91 Å². The molecule has 0 aliphatic carbocycles. The first kappa shape index (κ1) is 19.4. The van der Waals surface area contributed by atoms with Crippen LogP contribution in [-0.2, 0) is 11.2 Å². The number of nitrogens with zero attached hydrogens (tertiary/aromatic N) is 2. The van der Waals surface area contributed by atoms with Crippen molar-refractivity contribution in [1.29, 1.82) is 0 Å². The van der Waals surface area contributed by atoms with Gasteiger partial charge in [-0.25, -0.2) is 4.98 Å². The molecular formula is C21H18N2OS4. The van der Waals surface area contributed by atoms with Crippen LogP contribution in [0, 0.1) is 0 Å². The summed E-state index contributed by atoms with van der Waals surface area (Å²) in [6.45, 7) is 0.614. The second kappa shape index (κ2) is 9.05. The molecule has 7 heteroatoms. The Bertz CT molecular complexity index is 1080. The summed E-state index contributed by atoms with van der Waals surface area (Å²) in [7, 11) is 0. The smallest absolute Gasteiger partial charge is 0.252 e. The number of hydrogen-bond donors (Lipinski definition) is 0. The minimum Gasteiger partial charge on any atom is -0.284 e. The van der Waals surface area contributed by atoms with Crippen molar-refractivity contribution in [2.75, 3.05) is 17.7 Å². The fourth-order valence-electron chi connectivity index (χ4n) is 2.74. The Kier molecular flexibility index (Phi) is 6.26. The number of thioether (sulfide) groups is 1. The number of aromatic nitrogens is 1. The van der Waals surface area contributed by atoms with Crippen molar-refractivity contribution in [2.24, 2.45) is 0 Å². The second-order valence-electron chi connectivity index (χ2n) is 6.00. The third-order valence-electron chi connectivity index (χ3n) is 4.18. The Morgan fingerprint density at radius 3 is 2.79 bits per heavy atom. The van der Waals surface area contributed by atoms with Crippen LogP contribution in [0.5, 0.6) is 0 Å². The number of rotatable bonds is 7. The van der Waals surface area contributed by atoms with Gasteiger partial charge in [-0.1, -0.05) is 23.5 Å². The normalized spacial score (nSPS) is 11.5. The largest absolute Gasteiger partial charge is 0.284 e. The highest BCUT2D eigenvalue weighted by Gasteiger charge is 2.18. The molecule has 0 unspecified atom stereocenters. The molecule has 0 saturated heterocycles. The van der Waals surface area contributed by atoms with Crippen LogP contribution in [0.4, 0.5) is 5.13 Å². The maximum absolute atomic E-state index is 13.0. The van der Waals surface area contributed by atoms with E-state index in [0.29, 0.717) is 6.54 Å². The van der Waals surface area contributed by atoms with E-state index in [0.717, 1.165) is 26.6 Å². The minimum absolute atomic E-state index is 0.0332. The van der Waals surface area contributed by atoms with E-state index < -0.39 is 0 Å². The van der Waals surface area contributed by atoms with E-state index in [1.165, 1.54) is 9.77 Å². The molecule has 1 amide bonds. The zero-order valence-corrected chi connectivity index (χ0v) is 18.5. The van der Waals surface area contributed by atoms with Crippen molar-refractivity contribution in [3.05, 3.63) is 69.1 Å². The van der Waals surface area contributed by atoms with Crippen molar-refractivity contribution in [3.8, 4) is 0 Å². The molecule has 1 aromatic carbocycles. The Hall–Kier alpha value is -1.93. The fourth-order valence-corrected chi connectivity index (χ4v) is 5.61. The summed E-state index contributed by atoms with van der Waals surface area (Å²) in [6, 6.07) is 14.4. The lowest BCUT2D eigenvalue weighted by molar-refractivity contribution is -0.114. The zero-order valence-electron chi connectivity index (χ0n) is 15.2. The number of hydrogen-bond acceptors (Lipinski definition) is 6. The number of carbonyl (C=O) groups is 1. The topological polar surface area (TPSA) is 33.2 Å². The van der Waals surface area contributed by atoms with Gasteiger partial charge in [-0.05, 0) is 59.8 Å². The van der Waals surface area contributed by atoms with Gasteiger partial charge in [-0.3, -0.25) is 9.69 Å². The standard InChI is InChI=1S/C21H18N2OS4/c1-25-17-6-8-18-19(14-17)28-21(22-18)23(11-10-16-5-3-13-27-16)20(24)9-7-15-4-2-12-26-15/h2-9,12-14H,10-11H2,1H3. The molecule has 0 aliphatic rings. The molecule has 0 radical (unpaired) electrons. The first-order valence-corrected chi connectivity index (χ1v) is 12.5. The average molecular weight is 443 g/mol. The van der Waals surface area contributed by atoms with Crippen LogP contribution in [0.25, 0.3) is 16.3 Å². The van der Waals surface area contributed by atoms with E-state index in [9.17, 15) is 4.79 Å². The first-order valence-electron chi connectivity index (χ1n) is 8.73. The van der Waals surface area contributed by atoms with Crippen LogP contribution in [0.1, 0.15) is 9.75 Å². The van der Waals surface area contributed by atoms with Crippen LogP contribution in [0.15, 0.2) is 64.2 Å². The van der Waals surface area contributed by atoms with Crippen molar-refractivity contribution in [2.45, 2.75) is 11.3 Å². The number of benzene rings is 1. The molecule has 28 heavy (non-hydrogen) atoms. The van der Waals surface area contributed by atoms with E-state index in [2.05, 4.69) is 29.8 Å². The van der Waals surface area contributed by atoms with Crippen LogP contribution >= 0.6 is 45.8 Å². The van der Waals surface area contributed by atoms with Crippen LogP contribution in [-0.4, -0.2) is 23.7 Å². The van der Waals surface area contributed by atoms with Crippen LogP contribution < -0.4 is 4.90 Å². The van der Waals surface area contributed by atoms with Crippen LogP contribution in [0.2, 0.25) is 0 Å². The molecule has 4 aromatic rings. The van der Waals surface area contributed by atoms with E-state index in [1.807, 2.05) is 35.7 Å². The number of thiazole rings is 1. The summed E-state index contributed by atoms with van der Waals surface area (Å²) < 4.78 is 1.11. The van der Waals surface area contributed by atoms with Crippen molar-refractivity contribution in [3.63, 3.8) is 0 Å². The van der Waals surface area contributed by atoms with Gasteiger partial charge in [0.15, 0.2) is 5.13 Å². The number of thiophene rings is 2. The number of amides is 1. The molecule has 3 nitrogen and oxygen atoms in total. The number of carbonyl (C=O) groups excluding carboxylic acids is 1. The van der Waals surface area contributed by atoms with Gasteiger partial charge in [0.2, 0.25) is 0 Å². The third-order valence-corrected chi connectivity index (χ3v) is 7.72. The molecule has 142 valence electrons. The summed E-state index contributed by atoms with van der Waals surface area (Å²) in [5.74, 6) is -0.0332. The summed E-state index contributed by atoms with van der Waals surface area (Å²) in [5.41, 5.74) is 0.939. The maximum atomic E-state index is 13.0. The van der Waals surface area contributed by atoms with Gasteiger partial charge < -0.3 is 0 Å². The quantitative estimate of drug-likeness (QED) is 0.244. The molecule has 0 spiro atoms. The number of anilines is 1. The molecule has 3 heterocycles. The van der Waals surface area contributed by atoms with Gasteiger partial charge >= 0.3 is 0 Å². The molecule has 3 aromatic heterocycles. The van der Waals surface area contributed by atoms with Gasteiger partial charge in [0.1, 0.15) is 0 Å². The molecule has 0 bridgehead atoms. The van der Waals surface area contributed by atoms with Gasteiger partial charge in [-0.15, -0.1) is 34.4 Å². The minimum atomic E-state index is -0.0332. The summed E-state index contributed by atoms with van der Waals surface area (Å²) >= 11 is 6.63. The lowest BCUT2D eigenvalue weighted by Crippen LogP contribution is -2.31. The molecule has 0 N–H and O–H groups in total. The maximum Gasteiger partial charge on any atom is 0.252 e. The fraction of sp³-hybridized carbons (Fsp3) is 0.143. The Labute approximate surface area is 180 Å². The lowest BCUT2D eigenvalue weighted by atomic mass is 10.3. The molecule has 0 fully saturated rings. The highest BCUT2D eigenvalue weighted by atomic mass is 32.2. The predicted octanol–water partition coefficient (Wildman–Crippen LogP) is 6.43. The van der Waals surface area contributed by atoms with Gasteiger partial charge in [0.05, 0.1) is 10.2 Å². The highest BCUT2D eigenvalue weighted by Crippen LogP contribution is 2.32. The van der Waals surface area contributed by atoms with E-state index >= 15 is 0 Å². The molecule has 0 saturated carbocycles. The predicted molar refractivity (Wildman–Crippen MR) is 125 cm³/mol. The Balaban J connectivity index is 1.62. The van der Waals surface area contributed by atoms with Gasteiger partial charge in [0, 0.05) is 27.3 Å².